The molecule has 2 aliphatic heterocycles. The summed E-state index contributed by atoms with van der Waals surface area (Å²) in [5.74, 6) is -0.279. The van der Waals surface area contributed by atoms with Crippen LogP contribution in [0.4, 0.5) is 0 Å². The molecule has 1 unspecified atom stereocenters. The Morgan fingerprint density at radius 2 is 2.33 bits per heavy atom. The molecule has 81 valence electrons. The van der Waals surface area contributed by atoms with Crippen molar-refractivity contribution in [2.75, 3.05) is 6.54 Å². The molecule has 2 rings (SSSR count). The van der Waals surface area contributed by atoms with Crippen molar-refractivity contribution in [3.05, 3.63) is 0 Å². The predicted molar refractivity (Wildman–Crippen MR) is 55.7 cm³/mol. The number of esters is 1. The number of hydrogen-bond donors (Lipinski definition) is 0. The molecule has 0 aromatic heterocycles. The minimum atomic E-state index is -0.966. The van der Waals surface area contributed by atoms with Crippen molar-refractivity contribution < 1.29 is 14.3 Å². The van der Waals surface area contributed by atoms with Crippen LogP contribution in [0.3, 0.4) is 0 Å². The van der Waals surface area contributed by atoms with Gasteiger partial charge in [-0.25, -0.2) is 4.79 Å². The zero-order valence-electron chi connectivity index (χ0n) is 9.16. The van der Waals surface area contributed by atoms with Crippen LogP contribution in [0, 0.1) is 0 Å². The average Bonchev–Trinajstić information content (AvgIpc) is 2.63. The van der Waals surface area contributed by atoms with Gasteiger partial charge in [0.25, 0.3) is 5.91 Å². The molecule has 2 atom stereocenters. The molecule has 5 heteroatoms. The maximum Gasteiger partial charge on any atom is 0.329 e. The van der Waals surface area contributed by atoms with Crippen LogP contribution in [0.15, 0.2) is 0 Å². The number of rotatable bonds is 2. The maximum atomic E-state index is 12.1. The van der Waals surface area contributed by atoms with Crippen LogP contribution in [0.2, 0.25) is 13.1 Å². The number of ether oxygens (including phenoxy) is 1. The topological polar surface area (TPSA) is 46.6 Å². The summed E-state index contributed by atoms with van der Waals surface area (Å²) in [7, 11) is 1.86. The van der Waals surface area contributed by atoms with Crippen LogP contribution in [0.1, 0.15) is 19.8 Å². The van der Waals surface area contributed by atoms with Crippen molar-refractivity contribution >= 4 is 19.2 Å². The van der Waals surface area contributed by atoms with Crippen molar-refractivity contribution in [1.29, 1.82) is 0 Å². The SMILES string of the molecule is C[B]C[C@@]1(C)OC(=O)C2CCCN2C1=O. The highest BCUT2D eigenvalue weighted by Gasteiger charge is 2.50. The molecule has 2 saturated heterocycles. The Labute approximate surface area is 90.2 Å². The van der Waals surface area contributed by atoms with Crippen molar-refractivity contribution in [2.45, 2.75) is 44.6 Å². The van der Waals surface area contributed by atoms with Crippen LogP contribution in [0.5, 0.6) is 0 Å². The van der Waals surface area contributed by atoms with Crippen molar-refractivity contribution in [3.8, 4) is 0 Å². The molecule has 2 aliphatic rings. The number of hydrogen-bond acceptors (Lipinski definition) is 3. The average molecular weight is 208 g/mol. The van der Waals surface area contributed by atoms with E-state index in [1.165, 1.54) is 0 Å². The van der Waals surface area contributed by atoms with E-state index in [0.717, 1.165) is 12.8 Å². The predicted octanol–water partition coefficient (Wildman–Crippen LogP) is 0.463. The second-order valence-electron chi connectivity index (χ2n) is 4.42. The summed E-state index contributed by atoms with van der Waals surface area (Å²) in [5, 5.41) is 0. The Hall–Kier alpha value is -0.995. The fraction of sp³-hybridized carbons (Fsp3) is 0.800. The molecule has 0 N–H and O–H groups in total. The minimum absolute atomic E-state index is 0.0392. The lowest BCUT2D eigenvalue weighted by Crippen LogP contribution is -2.59. The highest BCUT2D eigenvalue weighted by Crippen LogP contribution is 2.32. The molecule has 1 amide bonds. The number of carbonyl (C=O) groups is 2. The highest BCUT2D eigenvalue weighted by molar-refractivity contribution is 6.35. The summed E-state index contributed by atoms with van der Waals surface area (Å²) in [5.41, 5.74) is -0.966. The molecule has 0 saturated carbocycles. The first-order valence-corrected chi connectivity index (χ1v) is 5.40. The molecule has 0 bridgehead atoms. The van der Waals surface area contributed by atoms with Gasteiger partial charge in [0.2, 0.25) is 0 Å². The first-order valence-electron chi connectivity index (χ1n) is 5.40. The summed E-state index contributed by atoms with van der Waals surface area (Å²) in [6.45, 7) is 4.25. The van der Waals surface area contributed by atoms with E-state index in [0.29, 0.717) is 12.9 Å². The lowest BCUT2D eigenvalue weighted by Gasteiger charge is -2.40. The van der Waals surface area contributed by atoms with E-state index < -0.39 is 5.60 Å². The third-order valence-electron chi connectivity index (χ3n) is 3.16. The Morgan fingerprint density at radius 1 is 1.60 bits per heavy atom. The van der Waals surface area contributed by atoms with Crippen LogP contribution in [-0.4, -0.2) is 42.2 Å². The van der Waals surface area contributed by atoms with Gasteiger partial charge < -0.3 is 9.64 Å². The molecule has 1 radical (unpaired) electrons. The summed E-state index contributed by atoms with van der Waals surface area (Å²) < 4.78 is 5.28. The number of cyclic esters (lactones) is 1. The number of carbonyl (C=O) groups excluding carboxylic acids is 2. The molecule has 0 aromatic carbocycles. The number of nitrogens with zero attached hydrogens (tertiary/aromatic N) is 1. The highest BCUT2D eigenvalue weighted by atomic mass is 16.6. The molecule has 0 spiro atoms. The lowest BCUT2D eigenvalue weighted by molar-refractivity contribution is -0.186. The molecular weight excluding hydrogens is 193 g/mol. The van der Waals surface area contributed by atoms with Crippen LogP contribution in [0.25, 0.3) is 0 Å². The zero-order valence-corrected chi connectivity index (χ0v) is 9.16. The molecule has 15 heavy (non-hydrogen) atoms. The second kappa shape index (κ2) is 3.54. The van der Waals surface area contributed by atoms with Gasteiger partial charge in [0.1, 0.15) is 13.3 Å². The summed E-state index contributed by atoms with van der Waals surface area (Å²) in [4.78, 5) is 25.5. The van der Waals surface area contributed by atoms with E-state index >= 15 is 0 Å². The van der Waals surface area contributed by atoms with Gasteiger partial charge in [0.05, 0.1) is 0 Å². The van der Waals surface area contributed by atoms with Crippen molar-refractivity contribution in [3.63, 3.8) is 0 Å². The first-order chi connectivity index (χ1) is 7.08. The maximum absolute atomic E-state index is 12.1. The normalized spacial score (nSPS) is 35.1. The van der Waals surface area contributed by atoms with Gasteiger partial charge in [-0.1, -0.05) is 6.82 Å². The van der Waals surface area contributed by atoms with E-state index in [2.05, 4.69) is 0 Å². The van der Waals surface area contributed by atoms with Gasteiger partial charge in [0, 0.05) is 6.54 Å². The number of fused-ring (bicyclic) bond motifs is 1. The molecule has 0 aromatic rings. The quantitative estimate of drug-likeness (QED) is 0.489. The molecule has 4 nitrogen and oxygen atoms in total. The van der Waals surface area contributed by atoms with Crippen LogP contribution >= 0.6 is 0 Å². The van der Waals surface area contributed by atoms with E-state index in [4.69, 9.17) is 4.74 Å². The van der Waals surface area contributed by atoms with Crippen molar-refractivity contribution in [1.82, 2.24) is 4.90 Å². The molecular formula is C10H15BNO3. The van der Waals surface area contributed by atoms with E-state index in [1.54, 1.807) is 11.8 Å². The molecule has 0 aliphatic carbocycles. The fourth-order valence-corrected chi connectivity index (χ4v) is 2.41. The summed E-state index contributed by atoms with van der Waals surface area (Å²) >= 11 is 0. The number of morpholine rings is 1. The van der Waals surface area contributed by atoms with E-state index in [-0.39, 0.29) is 17.9 Å². The number of amides is 1. The second-order valence-corrected chi connectivity index (χ2v) is 4.42. The fourth-order valence-electron chi connectivity index (χ4n) is 2.41. The standard InChI is InChI=1S/C10H15BNO3/c1-10(6-11-2)9(14)12-5-3-4-7(12)8(13)15-10/h7H,3-6H2,1-2H3/t7?,10-/m1/s1. The van der Waals surface area contributed by atoms with Gasteiger partial charge in [-0.3, -0.25) is 4.79 Å². The lowest BCUT2D eigenvalue weighted by atomic mass is 9.70. The van der Waals surface area contributed by atoms with E-state index in [9.17, 15) is 9.59 Å². The minimum Gasteiger partial charge on any atom is -0.448 e. The molecule has 2 heterocycles. The van der Waals surface area contributed by atoms with E-state index in [1.807, 2.05) is 14.1 Å². The van der Waals surface area contributed by atoms with Gasteiger partial charge in [-0.15, -0.1) is 0 Å². The first kappa shape index (κ1) is 10.5. The Kier molecular flexibility index (Phi) is 2.48. The summed E-state index contributed by atoms with van der Waals surface area (Å²) in [6, 6.07) is -0.317. The Bertz CT molecular complexity index is 307. The van der Waals surface area contributed by atoms with Gasteiger partial charge in [-0.05, 0) is 26.1 Å². The smallest absolute Gasteiger partial charge is 0.329 e. The van der Waals surface area contributed by atoms with Gasteiger partial charge in [-0.2, -0.15) is 0 Å². The third kappa shape index (κ3) is 1.54. The summed E-state index contributed by atoms with van der Waals surface area (Å²) in [6.07, 6.45) is 2.13. The van der Waals surface area contributed by atoms with Crippen LogP contribution < -0.4 is 0 Å². The molecule has 2 fully saturated rings. The Morgan fingerprint density at radius 3 is 3.00 bits per heavy atom. The zero-order chi connectivity index (χ0) is 11.1. The van der Waals surface area contributed by atoms with Crippen LogP contribution in [-0.2, 0) is 14.3 Å². The van der Waals surface area contributed by atoms with Crippen molar-refractivity contribution in [2.24, 2.45) is 0 Å². The third-order valence-corrected chi connectivity index (χ3v) is 3.16. The monoisotopic (exact) mass is 208 g/mol. The largest absolute Gasteiger partial charge is 0.448 e. The van der Waals surface area contributed by atoms with Gasteiger partial charge >= 0.3 is 5.97 Å². The van der Waals surface area contributed by atoms with Gasteiger partial charge in [0.15, 0.2) is 5.60 Å². The Balaban J connectivity index is 2.23.